The molecule has 0 aliphatic heterocycles. The van der Waals surface area contributed by atoms with Crippen molar-refractivity contribution in [3.8, 4) is 0 Å². The van der Waals surface area contributed by atoms with Crippen LogP contribution in [-0.4, -0.2) is 26.9 Å². The summed E-state index contributed by atoms with van der Waals surface area (Å²) in [6, 6.07) is 10.3. The van der Waals surface area contributed by atoms with Crippen LogP contribution in [0.3, 0.4) is 0 Å². The van der Waals surface area contributed by atoms with Crippen molar-refractivity contribution < 1.29 is 23.3 Å². The second kappa shape index (κ2) is 7.65. The van der Waals surface area contributed by atoms with Crippen LogP contribution < -0.4 is 5.32 Å². The van der Waals surface area contributed by atoms with Crippen molar-refractivity contribution in [1.29, 1.82) is 0 Å². The smallest absolute Gasteiger partial charge is 0.371 e. The third-order valence-corrected chi connectivity index (χ3v) is 4.69. The molecule has 0 spiro atoms. The zero-order valence-electron chi connectivity index (χ0n) is 14.4. The van der Waals surface area contributed by atoms with Gasteiger partial charge in [-0.05, 0) is 35.2 Å². The van der Waals surface area contributed by atoms with Crippen molar-refractivity contribution in [1.82, 2.24) is 0 Å². The van der Waals surface area contributed by atoms with E-state index in [2.05, 4.69) is 26.1 Å². The van der Waals surface area contributed by atoms with E-state index >= 15 is 0 Å². The Kier molecular flexibility index (Phi) is 5.79. The molecule has 2 N–H and O–H groups in total. The molecule has 25 heavy (non-hydrogen) atoms. The van der Waals surface area contributed by atoms with E-state index < -0.39 is 16.8 Å². The van der Waals surface area contributed by atoms with Crippen molar-refractivity contribution >= 4 is 28.4 Å². The van der Waals surface area contributed by atoms with Gasteiger partial charge in [0.1, 0.15) is 11.5 Å². The highest BCUT2D eigenvalue weighted by Crippen LogP contribution is 2.23. The molecule has 1 aromatic heterocycles. The number of hydrogen-bond donors (Lipinski definition) is 2. The average molecular weight is 363 g/mol. The Labute approximate surface area is 148 Å². The molecule has 6 nitrogen and oxygen atoms in total. The first-order valence-corrected chi connectivity index (χ1v) is 9.21. The van der Waals surface area contributed by atoms with E-state index in [4.69, 9.17) is 9.52 Å². The average Bonchev–Trinajstić information content (AvgIpc) is 2.95. The number of hydrogen-bond acceptors (Lipinski definition) is 4. The third-order valence-electron chi connectivity index (χ3n) is 3.50. The SMILES string of the molecule is CC(C)(C)c1ccc(NC(=O)CS(=O)Cc2ccc(C(=O)O)o2)cc1. The van der Waals surface area contributed by atoms with Gasteiger partial charge in [-0.1, -0.05) is 32.9 Å². The van der Waals surface area contributed by atoms with E-state index in [1.165, 1.54) is 12.1 Å². The highest BCUT2D eigenvalue weighted by atomic mass is 32.2. The summed E-state index contributed by atoms with van der Waals surface area (Å²) < 4.78 is 17.1. The lowest BCUT2D eigenvalue weighted by molar-refractivity contribution is -0.113. The van der Waals surface area contributed by atoms with Crippen LogP contribution in [0.4, 0.5) is 5.69 Å². The molecule has 0 saturated heterocycles. The summed E-state index contributed by atoms with van der Waals surface area (Å²) in [7, 11) is -1.49. The van der Waals surface area contributed by atoms with Gasteiger partial charge in [-0.25, -0.2) is 4.79 Å². The standard InChI is InChI=1S/C18H21NO5S/c1-18(2,3)12-4-6-13(7-5-12)19-16(20)11-25(23)10-14-8-9-15(24-14)17(21)22/h4-9H,10-11H2,1-3H3,(H,19,20)(H,21,22). The maximum atomic E-state index is 12.0. The van der Waals surface area contributed by atoms with Crippen LogP contribution in [0.15, 0.2) is 40.8 Å². The molecule has 0 bridgehead atoms. The molecule has 0 radical (unpaired) electrons. The summed E-state index contributed by atoms with van der Waals surface area (Å²) >= 11 is 0. The van der Waals surface area contributed by atoms with Crippen molar-refractivity contribution in [3.63, 3.8) is 0 Å². The van der Waals surface area contributed by atoms with Crippen LogP contribution in [0.25, 0.3) is 0 Å². The number of carbonyl (C=O) groups excluding carboxylic acids is 1. The van der Waals surface area contributed by atoms with E-state index in [0.717, 1.165) is 5.56 Å². The molecule has 0 aliphatic carbocycles. The lowest BCUT2D eigenvalue weighted by Gasteiger charge is -2.19. The van der Waals surface area contributed by atoms with Gasteiger partial charge >= 0.3 is 5.97 Å². The molecule has 1 amide bonds. The third kappa shape index (κ3) is 5.56. The largest absolute Gasteiger partial charge is 0.475 e. The van der Waals surface area contributed by atoms with Gasteiger partial charge in [0, 0.05) is 16.5 Å². The maximum absolute atomic E-state index is 12.0. The number of rotatable bonds is 6. The Morgan fingerprint density at radius 1 is 1.12 bits per heavy atom. The quantitative estimate of drug-likeness (QED) is 0.822. The summed E-state index contributed by atoms with van der Waals surface area (Å²) in [5.41, 5.74) is 1.82. The summed E-state index contributed by atoms with van der Waals surface area (Å²) in [6.45, 7) is 6.32. The molecule has 134 valence electrons. The Morgan fingerprint density at radius 2 is 1.76 bits per heavy atom. The van der Waals surface area contributed by atoms with Crippen LogP contribution in [0.2, 0.25) is 0 Å². The second-order valence-corrected chi connectivity index (χ2v) is 8.13. The molecule has 2 aromatic rings. The highest BCUT2D eigenvalue weighted by Gasteiger charge is 2.15. The molecule has 1 unspecified atom stereocenters. The van der Waals surface area contributed by atoms with Crippen molar-refractivity contribution in [2.24, 2.45) is 0 Å². The van der Waals surface area contributed by atoms with Crippen molar-refractivity contribution in [2.75, 3.05) is 11.1 Å². The van der Waals surface area contributed by atoms with Gasteiger partial charge in [0.15, 0.2) is 0 Å². The van der Waals surface area contributed by atoms with Gasteiger partial charge in [-0.15, -0.1) is 0 Å². The van der Waals surface area contributed by atoms with Crippen LogP contribution in [-0.2, 0) is 26.8 Å². The fraction of sp³-hybridized carbons (Fsp3) is 0.333. The predicted octanol–water partition coefficient (Wildman–Crippen LogP) is 3.16. The zero-order chi connectivity index (χ0) is 18.6. The molecular formula is C18H21NO5S. The number of carbonyl (C=O) groups is 2. The van der Waals surface area contributed by atoms with Crippen LogP contribution in [0, 0.1) is 0 Å². The van der Waals surface area contributed by atoms with E-state index in [1.54, 1.807) is 0 Å². The number of nitrogens with one attached hydrogen (secondary N) is 1. The number of aromatic carboxylic acids is 1. The first-order valence-electron chi connectivity index (χ1n) is 7.72. The van der Waals surface area contributed by atoms with Gasteiger partial charge in [-0.2, -0.15) is 0 Å². The lowest BCUT2D eigenvalue weighted by Crippen LogP contribution is -2.20. The van der Waals surface area contributed by atoms with Crippen molar-refractivity contribution in [2.45, 2.75) is 31.9 Å². The fourth-order valence-electron chi connectivity index (χ4n) is 2.18. The van der Waals surface area contributed by atoms with E-state index in [-0.39, 0.29) is 34.3 Å². The van der Waals surface area contributed by atoms with Gasteiger partial charge < -0.3 is 14.8 Å². The Hall–Kier alpha value is -2.41. The molecule has 0 saturated carbocycles. The van der Waals surface area contributed by atoms with Crippen LogP contribution >= 0.6 is 0 Å². The summed E-state index contributed by atoms with van der Waals surface area (Å²) in [5, 5.41) is 11.5. The van der Waals surface area contributed by atoms with E-state index in [9.17, 15) is 13.8 Å². The van der Waals surface area contributed by atoms with Crippen LogP contribution in [0.5, 0.6) is 0 Å². The van der Waals surface area contributed by atoms with Gasteiger partial charge in [-0.3, -0.25) is 9.00 Å². The number of amides is 1. The van der Waals surface area contributed by atoms with E-state index in [1.807, 2.05) is 24.3 Å². The number of furan rings is 1. The van der Waals surface area contributed by atoms with Gasteiger partial charge in [0.05, 0.1) is 5.75 Å². The monoisotopic (exact) mass is 363 g/mol. The zero-order valence-corrected chi connectivity index (χ0v) is 15.2. The highest BCUT2D eigenvalue weighted by molar-refractivity contribution is 7.84. The topological polar surface area (TPSA) is 96.6 Å². The van der Waals surface area contributed by atoms with Crippen molar-refractivity contribution in [3.05, 3.63) is 53.5 Å². The summed E-state index contributed by atoms with van der Waals surface area (Å²) in [4.78, 5) is 22.7. The minimum absolute atomic E-state index is 0.0103. The first-order chi connectivity index (χ1) is 11.6. The first kappa shape index (κ1) is 18.9. The molecule has 7 heteroatoms. The summed E-state index contributed by atoms with van der Waals surface area (Å²) in [5.74, 6) is -1.69. The van der Waals surface area contributed by atoms with E-state index in [0.29, 0.717) is 5.69 Å². The minimum atomic E-state index is -1.49. The number of benzene rings is 1. The molecule has 2 rings (SSSR count). The fourth-order valence-corrected chi connectivity index (χ4v) is 3.12. The molecule has 0 aliphatic rings. The Morgan fingerprint density at radius 3 is 2.28 bits per heavy atom. The second-order valence-electron chi connectivity index (χ2n) is 6.68. The minimum Gasteiger partial charge on any atom is -0.475 e. The van der Waals surface area contributed by atoms with Crippen LogP contribution in [0.1, 0.15) is 42.6 Å². The number of carboxylic acids is 1. The molecule has 1 atom stereocenters. The normalized spacial score (nSPS) is 12.6. The molecule has 0 fully saturated rings. The Bertz CT molecular complexity index is 787. The lowest BCUT2D eigenvalue weighted by atomic mass is 9.87. The number of carboxylic acid groups (broad SMARTS) is 1. The van der Waals surface area contributed by atoms with Gasteiger partial charge in [0.25, 0.3) is 0 Å². The maximum Gasteiger partial charge on any atom is 0.371 e. The number of anilines is 1. The van der Waals surface area contributed by atoms with Gasteiger partial charge in [0.2, 0.25) is 11.7 Å². The molecule has 1 aromatic carbocycles. The Balaban J connectivity index is 1.88. The molecule has 1 heterocycles. The predicted molar refractivity (Wildman–Crippen MR) is 96.2 cm³/mol. The molecular weight excluding hydrogens is 342 g/mol. The summed E-state index contributed by atoms with van der Waals surface area (Å²) in [6.07, 6.45) is 0.